The predicted octanol–water partition coefficient (Wildman–Crippen LogP) is 1.53. The highest BCUT2D eigenvalue weighted by atomic mass is 32.2. The monoisotopic (exact) mass is 283 g/mol. The summed E-state index contributed by atoms with van der Waals surface area (Å²) in [5.74, 6) is 1.12. The number of hydrogen-bond acceptors (Lipinski definition) is 5. The first-order chi connectivity index (χ1) is 8.94. The first kappa shape index (κ1) is 14.1. The van der Waals surface area contributed by atoms with Crippen LogP contribution in [0.5, 0.6) is 0 Å². The quantitative estimate of drug-likeness (QED) is 0.888. The van der Waals surface area contributed by atoms with E-state index in [0.29, 0.717) is 0 Å². The average Bonchev–Trinajstić information content (AvgIpc) is 2.80. The molecule has 19 heavy (non-hydrogen) atoms. The summed E-state index contributed by atoms with van der Waals surface area (Å²) in [6.07, 6.45) is 5.48. The third-order valence-electron chi connectivity index (χ3n) is 3.14. The standard InChI is InChI=1S/C13H21N3O2S/c1-11(10-19(2,17)18)15-12-5-6-13(14-9-12)16-7-3-4-8-16/h5-6,9,11,15H,3-4,7-8,10H2,1-2H3. The van der Waals surface area contributed by atoms with Crippen LogP contribution in [0.4, 0.5) is 11.5 Å². The first-order valence-electron chi connectivity index (χ1n) is 6.59. The van der Waals surface area contributed by atoms with Crippen molar-refractivity contribution in [3.05, 3.63) is 18.3 Å². The molecule has 1 fully saturated rings. The lowest BCUT2D eigenvalue weighted by Gasteiger charge is -2.18. The SMILES string of the molecule is CC(CS(C)(=O)=O)Nc1ccc(N2CCCC2)nc1. The molecule has 1 N–H and O–H groups in total. The number of anilines is 2. The van der Waals surface area contributed by atoms with Crippen molar-refractivity contribution in [1.29, 1.82) is 0 Å². The second kappa shape index (κ2) is 5.77. The van der Waals surface area contributed by atoms with Gasteiger partial charge in [0, 0.05) is 25.4 Å². The molecule has 0 saturated carbocycles. The molecule has 0 radical (unpaired) electrons. The molecule has 0 amide bonds. The minimum atomic E-state index is -2.96. The summed E-state index contributed by atoms with van der Waals surface area (Å²) in [5, 5.41) is 3.16. The maximum Gasteiger partial charge on any atom is 0.149 e. The number of nitrogens with one attached hydrogen (secondary N) is 1. The van der Waals surface area contributed by atoms with E-state index in [4.69, 9.17) is 0 Å². The molecule has 1 aromatic heterocycles. The summed E-state index contributed by atoms with van der Waals surface area (Å²) in [7, 11) is -2.96. The third kappa shape index (κ3) is 4.38. The van der Waals surface area contributed by atoms with E-state index in [9.17, 15) is 8.42 Å². The number of nitrogens with zero attached hydrogens (tertiary/aromatic N) is 2. The molecule has 1 aliphatic heterocycles. The zero-order valence-corrected chi connectivity index (χ0v) is 12.3. The Balaban J connectivity index is 1.94. The van der Waals surface area contributed by atoms with Crippen LogP contribution in [0.1, 0.15) is 19.8 Å². The van der Waals surface area contributed by atoms with Gasteiger partial charge >= 0.3 is 0 Å². The van der Waals surface area contributed by atoms with Crippen LogP contribution in [-0.4, -0.2) is 44.5 Å². The van der Waals surface area contributed by atoms with Crippen LogP contribution in [0.2, 0.25) is 0 Å². The van der Waals surface area contributed by atoms with Gasteiger partial charge in [0.2, 0.25) is 0 Å². The molecule has 0 bridgehead atoms. The molecule has 6 heteroatoms. The maximum absolute atomic E-state index is 11.2. The Hall–Kier alpha value is -1.30. The molecule has 1 aliphatic rings. The third-order valence-corrected chi connectivity index (χ3v) is 4.25. The lowest BCUT2D eigenvalue weighted by atomic mass is 10.3. The van der Waals surface area contributed by atoms with Crippen molar-refractivity contribution in [3.63, 3.8) is 0 Å². The number of hydrogen-bond donors (Lipinski definition) is 1. The van der Waals surface area contributed by atoms with Gasteiger partial charge in [-0.05, 0) is 31.9 Å². The average molecular weight is 283 g/mol. The maximum atomic E-state index is 11.2. The van der Waals surface area contributed by atoms with E-state index >= 15 is 0 Å². The Morgan fingerprint density at radius 1 is 1.37 bits per heavy atom. The van der Waals surface area contributed by atoms with Crippen molar-refractivity contribution < 1.29 is 8.42 Å². The summed E-state index contributed by atoms with van der Waals surface area (Å²) >= 11 is 0. The molecule has 1 atom stereocenters. The van der Waals surface area contributed by atoms with Crippen molar-refractivity contribution in [2.24, 2.45) is 0 Å². The Labute approximate surface area is 114 Å². The minimum Gasteiger partial charge on any atom is -0.380 e. The Bertz CT molecular complexity index is 507. The van der Waals surface area contributed by atoms with Gasteiger partial charge < -0.3 is 10.2 Å². The molecule has 2 heterocycles. The van der Waals surface area contributed by atoms with E-state index in [1.807, 2.05) is 19.1 Å². The van der Waals surface area contributed by atoms with Gasteiger partial charge in [0.25, 0.3) is 0 Å². The highest BCUT2D eigenvalue weighted by Crippen LogP contribution is 2.19. The normalized spacial score (nSPS) is 17.5. The van der Waals surface area contributed by atoms with Gasteiger partial charge in [-0.1, -0.05) is 0 Å². The van der Waals surface area contributed by atoms with Crippen molar-refractivity contribution in [3.8, 4) is 0 Å². The van der Waals surface area contributed by atoms with Gasteiger partial charge in [-0.3, -0.25) is 0 Å². The van der Waals surface area contributed by atoms with Gasteiger partial charge in [0.15, 0.2) is 0 Å². The first-order valence-corrected chi connectivity index (χ1v) is 8.65. The second-order valence-electron chi connectivity index (χ2n) is 5.24. The van der Waals surface area contributed by atoms with Crippen molar-refractivity contribution in [2.45, 2.75) is 25.8 Å². The molecule has 1 aromatic rings. The van der Waals surface area contributed by atoms with E-state index in [2.05, 4.69) is 15.2 Å². The highest BCUT2D eigenvalue weighted by molar-refractivity contribution is 7.90. The molecule has 1 saturated heterocycles. The van der Waals surface area contributed by atoms with Crippen LogP contribution in [0.3, 0.4) is 0 Å². The summed E-state index contributed by atoms with van der Waals surface area (Å²) in [4.78, 5) is 6.69. The Morgan fingerprint density at radius 2 is 2.05 bits per heavy atom. The van der Waals surface area contributed by atoms with Gasteiger partial charge in [-0.25, -0.2) is 13.4 Å². The van der Waals surface area contributed by atoms with E-state index in [-0.39, 0.29) is 11.8 Å². The van der Waals surface area contributed by atoms with Gasteiger partial charge in [0.1, 0.15) is 15.7 Å². The minimum absolute atomic E-state index is 0.116. The highest BCUT2D eigenvalue weighted by Gasteiger charge is 2.14. The fraction of sp³-hybridized carbons (Fsp3) is 0.615. The zero-order chi connectivity index (χ0) is 13.9. The summed E-state index contributed by atoms with van der Waals surface area (Å²) < 4.78 is 22.4. The number of pyridine rings is 1. The van der Waals surface area contributed by atoms with E-state index < -0.39 is 9.84 Å². The van der Waals surface area contributed by atoms with E-state index in [1.165, 1.54) is 19.1 Å². The number of sulfone groups is 1. The lowest BCUT2D eigenvalue weighted by Crippen LogP contribution is -2.25. The van der Waals surface area contributed by atoms with Crippen molar-refractivity contribution in [2.75, 3.05) is 35.3 Å². The summed E-state index contributed by atoms with van der Waals surface area (Å²) in [5.41, 5.74) is 0.860. The molecule has 0 aromatic carbocycles. The van der Waals surface area contributed by atoms with E-state index in [0.717, 1.165) is 24.6 Å². The molecule has 106 valence electrons. The lowest BCUT2D eigenvalue weighted by molar-refractivity contribution is 0.598. The topological polar surface area (TPSA) is 62.3 Å². The molecular weight excluding hydrogens is 262 g/mol. The van der Waals surface area contributed by atoms with Crippen molar-refractivity contribution >= 4 is 21.3 Å². The van der Waals surface area contributed by atoms with Crippen LogP contribution >= 0.6 is 0 Å². The van der Waals surface area contributed by atoms with Crippen LogP contribution in [0.25, 0.3) is 0 Å². The van der Waals surface area contributed by atoms with Crippen LogP contribution in [0, 0.1) is 0 Å². The molecule has 5 nitrogen and oxygen atoms in total. The fourth-order valence-electron chi connectivity index (χ4n) is 2.39. The van der Waals surface area contributed by atoms with Gasteiger partial charge in [-0.15, -0.1) is 0 Å². The Morgan fingerprint density at radius 3 is 2.58 bits per heavy atom. The van der Waals surface area contributed by atoms with Crippen LogP contribution in [0.15, 0.2) is 18.3 Å². The predicted molar refractivity (Wildman–Crippen MR) is 78.5 cm³/mol. The molecular formula is C13H21N3O2S. The fourth-order valence-corrected chi connectivity index (χ4v) is 3.38. The van der Waals surface area contributed by atoms with Gasteiger partial charge in [0.05, 0.1) is 17.6 Å². The van der Waals surface area contributed by atoms with E-state index in [1.54, 1.807) is 6.20 Å². The largest absolute Gasteiger partial charge is 0.380 e. The number of rotatable bonds is 5. The molecule has 0 aliphatic carbocycles. The molecule has 1 unspecified atom stereocenters. The summed E-state index contributed by atoms with van der Waals surface area (Å²) in [6, 6.07) is 3.83. The van der Waals surface area contributed by atoms with Crippen LogP contribution in [-0.2, 0) is 9.84 Å². The molecule has 2 rings (SSSR count). The van der Waals surface area contributed by atoms with Crippen molar-refractivity contribution in [1.82, 2.24) is 4.98 Å². The number of aromatic nitrogens is 1. The summed E-state index contributed by atoms with van der Waals surface area (Å²) in [6.45, 7) is 4.00. The van der Waals surface area contributed by atoms with Crippen LogP contribution < -0.4 is 10.2 Å². The van der Waals surface area contributed by atoms with Gasteiger partial charge in [-0.2, -0.15) is 0 Å². The second-order valence-corrected chi connectivity index (χ2v) is 7.42. The zero-order valence-electron chi connectivity index (χ0n) is 11.5. The molecule has 0 spiro atoms. The Kier molecular flexibility index (Phi) is 4.29. The smallest absolute Gasteiger partial charge is 0.149 e.